The summed E-state index contributed by atoms with van der Waals surface area (Å²) in [4.78, 5) is 17.8. The first kappa shape index (κ1) is 12.3. The van der Waals surface area contributed by atoms with E-state index in [0.717, 1.165) is 12.8 Å². The van der Waals surface area contributed by atoms with Crippen molar-refractivity contribution in [3.8, 4) is 0 Å². The molecule has 0 bridgehead atoms. The minimum absolute atomic E-state index is 0.0469. The summed E-state index contributed by atoms with van der Waals surface area (Å²) in [5.74, 6) is -0.104. The minimum atomic E-state index is -3.62. The third kappa shape index (κ3) is 2.25. The van der Waals surface area contributed by atoms with Crippen LogP contribution in [0.5, 0.6) is 0 Å². The highest BCUT2D eigenvalue weighted by Gasteiger charge is 2.36. The number of hydrogen-bond donors (Lipinski definition) is 1. The lowest BCUT2D eigenvalue weighted by Crippen LogP contribution is -2.47. The molecule has 1 atom stereocenters. The number of sulfonamides is 1. The fourth-order valence-electron chi connectivity index (χ4n) is 2.11. The number of Topliss-reactive ketones (excluding diaryl/α,β-unsaturated/α-hetero) is 1. The van der Waals surface area contributed by atoms with Crippen molar-refractivity contribution < 1.29 is 13.2 Å². The Morgan fingerprint density at radius 3 is 2.88 bits per heavy atom. The smallest absolute Gasteiger partial charge is 0.260 e. The Bertz CT molecular complexity index is 495. The van der Waals surface area contributed by atoms with Gasteiger partial charge in [0.1, 0.15) is 5.78 Å². The van der Waals surface area contributed by atoms with E-state index in [4.69, 9.17) is 0 Å². The molecule has 2 rings (SSSR count). The summed E-state index contributed by atoms with van der Waals surface area (Å²) in [5.41, 5.74) is 0. The maximum atomic E-state index is 12.3. The predicted octanol–water partition coefficient (Wildman–Crippen LogP) is 0.542. The SMILES string of the molecule is CC(=O)C1CCCCN1S(=O)(=O)c1cnc[nH]1. The van der Waals surface area contributed by atoms with Gasteiger partial charge in [0.25, 0.3) is 10.0 Å². The van der Waals surface area contributed by atoms with E-state index in [0.29, 0.717) is 13.0 Å². The van der Waals surface area contributed by atoms with Crippen molar-refractivity contribution in [3.63, 3.8) is 0 Å². The fourth-order valence-corrected chi connectivity index (χ4v) is 3.72. The first-order chi connectivity index (χ1) is 8.03. The number of nitrogens with one attached hydrogen (secondary N) is 1. The van der Waals surface area contributed by atoms with Gasteiger partial charge in [-0.05, 0) is 19.8 Å². The molecule has 2 heterocycles. The lowest BCUT2D eigenvalue weighted by molar-refractivity contribution is -0.121. The molecule has 1 aromatic heterocycles. The molecule has 0 aliphatic carbocycles. The molecule has 6 nitrogen and oxygen atoms in total. The quantitative estimate of drug-likeness (QED) is 0.856. The molecule has 1 N–H and O–H groups in total. The number of carbonyl (C=O) groups is 1. The molecule has 94 valence electrons. The van der Waals surface area contributed by atoms with E-state index in [1.54, 1.807) is 0 Å². The summed E-state index contributed by atoms with van der Waals surface area (Å²) in [6, 6.07) is -0.531. The van der Waals surface area contributed by atoms with Crippen LogP contribution in [-0.2, 0) is 14.8 Å². The molecule has 17 heavy (non-hydrogen) atoms. The first-order valence-electron chi connectivity index (χ1n) is 5.54. The number of hydrogen-bond acceptors (Lipinski definition) is 4. The average Bonchev–Trinajstić information content (AvgIpc) is 2.83. The zero-order chi connectivity index (χ0) is 12.5. The third-order valence-electron chi connectivity index (χ3n) is 2.98. The van der Waals surface area contributed by atoms with Gasteiger partial charge in [0, 0.05) is 6.54 Å². The number of aromatic amines is 1. The zero-order valence-corrected chi connectivity index (χ0v) is 10.4. The summed E-state index contributed by atoms with van der Waals surface area (Å²) >= 11 is 0. The van der Waals surface area contributed by atoms with Crippen LogP contribution >= 0.6 is 0 Å². The summed E-state index contributed by atoms with van der Waals surface area (Å²) in [5, 5.41) is 0.0469. The van der Waals surface area contributed by atoms with Gasteiger partial charge in [-0.2, -0.15) is 4.31 Å². The van der Waals surface area contributed by atoms with E-state index in [9.17, 15) is 13.2 Å². The van der Waals surface area contributed by atoms with Crippen LogP contribution in [0.4, 0.5) is 0 Å². The number of piperidine rings is 1. The van der Waals surface area contributed by atoms with E-state index in [2.05, 4.69) is 9.97 Å². The van der Waals surface area contributed by atoms with Gasteiger partial charge in [0.05, 0.1) is 18.6 Å². The molecule has 1 aliphatic rings. The van der Waals surface area contributed by atoms with Crippen LogP contribution in [0.2, 0.25) is 0 Å². The highest BCUT2D eigenvalue weighted by molar-refractivity contribution is 7.89. The van der Waals surface area contributed by atoms with Gasteiger partial charge in [-0.1, -0.05) is 6.42 Å². The van der Waals surface area contributed by atoms with Gasteiger partial charge < -0.3 is 4.98 Å². The molecule has 0 radical (unpaired) electrons. The number of aromatic nitrogens is 2. The van der Waals surface area contributed by atoms with Crippen LogP contribution < -0.4 is 0 Å². The molecule has 7 heteroatoms. The van der Waals surface area contributed by atoms with E-state index in [1.807, 2.05) is 0 Å². The molecule has 1 saturated heterocycles. The summed E-state index contributed by atoms with van der Waals surface area (Å²) in [6.07, 6.45) is 4.86. The van der Waals surface area contributed by atoms with Gasteiger partial charge >= 0.3 is 0 Å². The third-order valence-corrected chi connectivity index (χ3v) is 4.82. The number of ketones is 1. The van der Waals surface area contributed by atoms with E-state index in [-0.39, 0.29) is 10.8 Å². The zero-order valence-electron chi connectivity index (χ0n) is 9.59. The van der Waals surface area contributed by atoms with Gasteiger partial charge in [0.15, 0.2) is 5.03 Å². The van der Waals surface area contributed by atoms with Crippen LogP contribution in [0.1, 0.15) is 26.2 Å². The predicted molar refractivity (Wildman–Crippen MR) is 60.8 cm³/mol. The number of rotatable bonds is 3. The van der Waals surface area contributed by atoms with Crippen LogP contribution in [-0.4, -0.2) is 41.1 Å². The molecular formula is C10H15N3O3S. The van der Waals surface area contributed by atoms with Crippen molar-refractivity contribution in [3.05, 3.63) is 12.5 Å². The fraction of sp³-hybridized carbons (Fsp3) is 0.600. The van der Waals surface area contributed by atoms with Gasteiger partial charge in [-0.15, -0.1) is 0 Å². The van der Waals surface area contributed by atoms with Crippen molar-refractivity contribution in [1.29, 1.82) is 0 Å². The topological polar surface area (TPSA) is 83.1 Å². The molecule has 0 spiro atoms. The normalized spacial score (nSPS) is 22.5. The number of imidazole rings is 1. The van der Waals surface area contributed by atoms with Crippen molar-refractivity contribution in [2.24, 2.45) is 0 Å². The average molecular weight is 257 g/mol. The second kappa shape index (κ2) is 4.58. The highest BCUT2D eigenvalue weighted by Crippen LogP contribution is 2.24. The Morgan fingerprint density at radius 2 is 2.29 bits per heavy atom. The van der Waals surface area contributed by atoms with Gasteiger partial charge in [-0.3, -0.25) is 4.79 Å². The van der Waals surface area contributed by atoms with Gasteiger partial charge in [0.2, 0.25) is 0 Å². The van der Waals surface area contributed by atoms with Crippen molar-refractivity contribution in [2.75, 3.05) is 6.54 Å². The van der Waals surface area contributed by atoms with Crippen LogP contribution in [0.15, 0.2) is 17.6 Å². The summed E-state index contributed by atoms with van der Waals surface area (Å²) in [6.45, 7) is 1.83. The van der Waals surface area contributed by atoms with Crippen LogP contribution in [0.3, 0.4) is 0 Å². The van der Waals surface area contributed by atoms with Crippen LogP contribution in [0.25, 0.3) is 0 Å². The Balaban J connectivity index is 2.34. The second-order valence-corrected chi connectivity index (χ2v) is 6.01. The lowest BCUT2D eigenvalue weighted by Gasteiger charge is -2.32. The summed E-state index contributed by atoms with van der Waals surface area (Å²) < 4.78 is 25.8. The van der Waals surface area contributed by atoms with E-state index < -0.39 is 16.1 Å². The molecule has 1 unspecified atom stereocenters. The molecule has 1 aromatic rings. The Labute approximate surface area is 100 Å². The first-order valence-corrected chi connectivity index (χ1v) is 6.98. The number of nitrogens with zero attached hydrogens (tertiary/aromatic N) is 2. The van der Waals surface area contributed by atoms with E-state index >= 15 is 0 Å². The van der Waals surface area contributed by atoms with Crippen molar-refractivity contribution >= 4 is 15.8 Å². The lowest BCUT2D eigenvalue weighted by atomic mass is 10.0. The Kier molecular flexibility index (Phi) is 3.30. The van der Waals surface area contributed by atoms with Crippen molar-refractivity contribution in [2.45, 2.75) is 37.3 Å². The molecule has 0 saturated carbocycles. The maximum Gasteiger partial charge on any atom is 0.260 e. The van der Waals surface area contributed by atoms with E-state index in [1.165, 1.54) is 23.8 Å². The Morgan fingerprint density at radius 1 is 1.53 bits per heavy atom. The second-order valence-electron chi connectivity index (χ2n) is 4.15. The van der Waals surface area contributed by atoms with Crippen LogP contribution in [0, 0.1) is 0 Å². The molecule has 0 aromatic carbocycles. The largest absolute Gasteiger partial charge is 0.335 e. The monoisotopic (exact) mass is 257 g/mol. The Hall–Kier alpha value is -1.21. The standard InChI is InChI=1S/C10H15N3O3S/c1-8(14)9-4-2-3-5-13(9)17(15,16)10-6-11-7-12-10/h6-7,9H,2-5H2,1H3,(H,11,12). The highest BCUT2D eigenvalue weighted by atomic mass is 32.2. The van der Waals surface area contributed by atoms with Crippen molar-refractivity contribution in [1.82, 2.24) is 14.3 Å². The van der Waals surface area contributed by atoms with Gasteiger partial charge in [-0.25, -0.2) is 13.4 Å². The summed E-state index contributed by atoms with van der Waals surface area (Å²) in [7, 11) is -3.62. The molecular weight excluding hydrogens is 242 g/mol. The minimum Gasteiger partial charge on any atom is -0.335 e. The number of H-pyrrole nitrogens is 1. The molecule has 1 fully saturated rings. The molecule has 0 amide bonds. The molecule has 1 aliphatic heterocycles. The number of carbonyl (C=O) groups excluding carboxylic acids is 1. The maximum absolute atomic E-state index is 12.3.